The van der Waals surface area contributed by atoms with Crippen LogP contribution in [0.3, 0.4) is 0 Å². The van der Waals surface area contributed by atoms with E-state index in [0.717, 1.165) is 5.69 Å². The lowest BCUT2D eigenvalue weighted by atomic mass is 9.98. The van der Waals surface area contributed by atoms with Crippen molar-refractivity contribution in [1.82, 2.24) is 4.98 Å². The van der Waals surface area contributed by atoms with Crippen LogP contribution in [0.2, 0.25) is 0 Å². The monoisotopic (exact) mass is 247 g/mol. The normalized spacial score (nSPS) is 11.1. The maximum atomic E-state index is 4.54. The van der Waals surface area contributed by atoms with Gasteiger partial charge in [-0.3, -0.25) is 4.98 Å². The second-order valence-corrected chi connectivity index (χ2v) is 5.16. The van der Waals surface area contributed by atoms with Crippen LogP contribution in [0.4, 0.5) is 0 Å². The van der Waals surface area contributed by atoms with E-state index in [0.29, 0.717) is 5.92 Å². The van der Waals surface area contributed by atoms with Crippen LogP contribution in [0.15, 0.2) is 60.8 Å². The van der Waals surface area contributed by atoms with Crippen LogP contribution >= 0.6 is 0 Å². The third kappa shape index (κ3) is 2.24. The molecule has 0 amide bonds. The van der Waals surface area contributed by atoms with Crippen LogP contribution in [0, 0.1) is 0 Å². The molecule has 0 aliphatic carbocycles. The van der Waals surface area contributed by atoms with Crippen molar-refractivity contribution >= 4 is 10.8 Å². The van der Waals surface area contributed by atoms with E-state index in [1.807, 2.05) is 6.20 Å². The van der Waals surface area contributed by atoms with Crippen LogP contribution in [-0.2, 0) is 0 Å². The molecule has 0 fully saturated rings. The van der Waals surface area contributed by atoms with Gasteiger partial charge in [0, 0.05) is 11.8 Å². The summed E-state index contributed by atoms with van der Waals surface area (Å²) in [7, 11) is 0. The smallest absolute Gasteiger partial charge is 0.0711 e. The SMILES string of the molecule is CC(C)c1ccnc(-c2cccc3ccccc23)c1. The summed E-state index contributed by atoms with van der Waals surface area (Å²) >= 11 is 0. The van der Waals surface area contributed by atoms with Gasteiger partial charge >= 0.3 is 0 Å². The predicted molar refractivity (Wildman–Crippen MR) is 81.3 cm³/mol. The second-order valence-electron chi connectivity index (χ2n) is 5.16. The summed E-state index contributed by atoms with van der Waals surface area (Å²) in [6.07, 6.45) is 1.91. The molecule has 0 saturated carbocycles. The molecule has 0 saturated heterocycles. The number of pyridine rings is 1. The lowest BCUT2D eigenvalue weighted by molar-refractivity contribution is 0.864. The van der Waals surface area contributed by atoms with E-state index in [4.69, 9.17) is 0 Å². The Hall–Kier alpha value is -2.15. The van der Waals surface area contributed by atoms with Crippen LogP contribution in [0.25, 0.3) is 22.0 Å². The fraction of sp³-hybridized carbons (Fsp3) is 0.167. The van der Waals surface area contributed by atoms with E-state index in [2.05, 4.69) is 73.4 Å². The average Bonchev–Trinajstić information content (AvgIpc) is 2.47. The van der Waals surface area contributed by atoms with Crippen molar-refractivity contribution in [2.75, 3.05) is 0 Å². The standard InChI is InChI=1S/C18H17N/c1-13(2)15-10-11-19-18(12-15)17-9-5-7-14-6-3-4-8-16(14)17/h3-13H,1-2H3. The van der Waals surface area contributed by atoms with Gasteiger partial charge in [-0.15, -0.1) is 0 Å². The van der Waals surface area contributed by atoms with E-state index < -0.39 is 0 Å². The highest BCUT2D eigenvalue weighted by atomic mass is 14.7. The predicted octanol–water partition coefficient (Wildman–Crippen LogP) is 5.03. The van der Waals surface area contributed by atoms with Gasteiger partial charge in [0.05, 0.1) is 5.69 Å². The van der Waals surface area contributed by atoms with E-state index in [9.17, 15) is 0 Å². The minimum absolute atomic E-state index is 0.525. The van der Waals surface area contributed by atoms with Crippen LogP contribution in [-0.4, -0.2) is 4.98 Å². The number of hydrogen-bond donors (Lipinski definition) is 0. The van der Waals surface area contributed by atoms with Gasteiger partial charge in [0.1, 0.15) is 0 Å². The molecule has 0 aliphatic heterocycles. The fourth-order valence-electron chi connectivity index (χ4n) is 2.40. The van der Waals surface area contributed by atoms with E-state index in [-0.39, 0.29) is 0 Å². The Bertz CT molecular complexity index is 708. The molecule has 0 radical (unpaired) electrons. The molecule has 2 aromatic carbocycles. The van der Waals surface area contributed by atoms with Gasteiger partial charge in [-0.1, -0.05) is 56.3 Å². The minimum atomic E-state index is 0.525. The number of aromatic nitrogens is 1. The lowest BCUT2D eigenvalue weighted by Gasteiger charge is -2.09. The summed E-state index contributed by atoms with van der Waals surface area (Å²) in [4.78, 5) is 4.54. The number of rotatable bonds is 2. The topological polar surface area (TPSA) is 12.9 Å². The van der Waals surface area contributed by atoms with Gasteiger partial charge in [-0.2, -0.15) is 0 Å². The zero-order valence-corrected chi connectivity index (χ0v) is 11.3. The molecule has 3 rings (SSSR count). The quantitative estimate of drug-likeness (QED) is 0.619. The Labute approximate surface area is 113 Å². The molecule has 1 aromatic heterocycles. The molecule has 0 atom stereocenters. The second kappa shape index (κ2) is 4.85. The first-order valence-electron chi connectivity index (χ1n) is 6.70. The summed E-state index contributed by atoms with van der Waals surface area (Å²) in [5, 5.41) is 2.52. The zero-order valence-electron chi connectivity index (χ0n) is 11.3. The van der Waals surface area contributed by atoms with E-state index in [1.165, 1.54) is 21.9 Å². The van der Waals surface area contributed by atoms with Crippen molar-refractivity contribution in [2.45, 2.75) is 19.8 Å². The Balaban J connectivity index is 2.22. The third-order valence-electron chi connectivity index (χ3n) is 3.52. The van der Waals surface area contributed by atoms with Crippen molar-refractivity contribution in [2.24, 2.45) is 0 Å². The van der Waals surface area contributed by atoms with Gasteiger partial charge in [0.2, 0.25) is 0 Å². The van der Waals surface area contributed by atoms with Crippen molar-refractivity contribution < 1.29 is 0 Å². The highest BCUT2D eigenvalue weighted by Crippen LogP contribution is 2.28. The van der Waals surface area contributed by atoms with E-state index >= 15 is 0 Å². The number of fused-ring (bicyclic) bond motifs is 1. The van der Waals surface area contributed by atoms with Gasteiger partial charge in [-0.25, -0.2) is 0 Å². The molecule has 1 nitrogen and oxygen atoms in total. The van der Waals surface area contributed by atoms with Gasteiger partial charge in [0.25, 0.3) is 0 Å². The highest BCUT2D eigenvalue weighted by molar-refractivity contribution is 5.95. The number of benzene rings is 2. The lowest BCUT2D eigenvalue weighted by Crippen LogP contribution is -1.91. The van der Waals surface area contributed by atoms with E-state index in [1.54, 1.807) is 0 Å². The van der Waals surface area contributed by atoms with Crippen molar-refractivity contribution in [1.29, 1.82) is 0 Å². The molecule has 1 heterocycles. The fourth-order valence-corrected chi connectivity index (χ4v) is 2.40. The molecule has 1 heteroatoms. The van der Waals surface area contributed by atoms with Crippen molar-refractivity contribution in [3.05, 3.63) is 66.4 Å². The maximum Gasteiger partial charge on any atom is 0.0711 e. The van der Waals surface area contributed by atoms with Gasteiger partial charge < -0.3 is 0 Å². The largest absolute Gasteiger partial charge is 0.256 e. The summed E-state index contributed by atoms with van der Waals surface area (Å²) in [6, 6.07) is 19.1. The van der Waals surface area contributed by atoms with Crippen LogP contribution in [0.1, 0.15) is 25.3 Å². The molecular weight excluding hydrogens is 230 g/mol. The summed E-state index contributed by atoms with van der Waals surface area (Å²) < 4.78 is 0. The van der Waals surface area contributed by atoms with Crippen LogP contribution < -0.4 is 0 Å². The van der Waals surface area contributed by atoms with Crippen molar-refractivity contribution in [3.8, 4) is 11.3 Å². The van der Waals surface area contributed by atoms with Crippen LogP contribution in [0.5, 0.6) is 0 Å². The first-order valence-corrected chi connectivity index (χ1v) is 6.70. The van der Waals surface area contributed by atoms with Gasteiger partial charge in [0.15, 0.2) is 0 Å². The number of hydrogen-bond acceptors (Lipinski definition) is 1. The Kier molecular flexibility index (Phi) is 3.04. The molecule has 0 N–H and O–H groups in total. The third-order valence-corrected chi connectivity index (χ3v) is 3.52. The highest BCUT2D eigenvalue weighted by Gasteiger charge is 2.06. The molecule has 3 aromatic rings. The summed E-state index contributed by atoms with van der Waals surface area (Å²) in [5.74, 6) is 0.525. The molecule has 0 aliphatic rings. The van der Waals surface area contributed by atoms with Gasteiger partial charge in [-0.05, 0) is 34.4 Å². The summed E-state index contributed by atoms with van der Waals surface area (Å²) in [5.41, 5.74) is 3.60. The first kappa shape index (κ1) is 11.9. The minimum Gasteiger partial charge on any atom is -0.256 e. The first-order chi connectivity index (χ1) is 9.25. The Morgan fingerprint density at radius 3 is 2.53 bits per heavy atom. The molecule has 0 spiro atoms. The van der Waals surface area contributed by atoms with Crippen molar-refractivity contribution in [3.63, 3.8) is 0 Å². The molecule has 19 heavy (non-hydrogen) atoms. The Morgan fingerprint density at radius 1 is 0.895 bits per heavy atom. The zero-order chi connectivity index (χ0) is 13.2. The Morgan fingerprint density at radius 2 is 1.68 bits per heavy atom. The number of nitrogens with zero attached hydrogens (tertiary/aromatic N) is 1. The maximum absolute atomic E-state index is 4.54. The molecule has 0 unspecified atom stereocenters. The molecule has 0 bridgehead atoms. The molecule has 94 valence electrons. The molecular formula is C18H17N. The summed E-state index contributed by atoms with van der Waals surface area (Å²) in [6.45, 7) is 4.42. The average molecular weight is 247 g/mol.